The van der Waals surface area contributed by atoms with Crippen molar-refractivity contribution >= 4 is 11.8 Å². The van der Waals surface area contributed by atoms with Crippen molar-refractivity contribution in [3.8, 4) is 0 Å². The molecular formula is C11H16F3N3O2. The molecule has 0 spiro atoms. The third-order valence-electron chi connectivity index (χ3n) is 2.01. The van der Waals surface area contributed by atoms with E-state index in [1.54, 1.807) is 20.8 Å². The highest BCUT2D eigenvalue weighted by atomic mass is 19.3. The maximum atomic E-state index is 13.1. The molecule has 0 bridgehead atoms. The summed E-state index contributed by atoms with van der Waals surface area (Å²) in [5.74, 6) is 0. The van der Waals surface area contributed by atoms with Gasteiger partial charge in [0.25, 0.3) is 12.7 Å². The van der Waals surface area contributed by atoms with Crippen LogP contribution in [0.5, 0.6) is 0 Å². The predicted molar refractivity (Wildman–Crippen MR) is 63.0 cm³/mol. The molecule has 1 unspecified atom stereocenters. The molecule has 0 aliphatic carbocycles. The number of hydrogen-bond donors (Lipinski definition) is 1. The Hall–Kier alpha value is -1.73. The van der Waals surface area contributed by atoms with E-state index in [0.29, 0.717) is 4.68 Å². The Morgan fingerprint density at radius 1 is 1.42 bits per heavy atom. The number of nitrogens with zero attached hydrogens (tertiary/aromatic N) is 2. The first-order valence-electron chi connectivity index (χ1n) is 5.58. The summed E-state index contributed by atoms with van der Waals surface area (Å²) in [4.78, 5) is 11.5. The van der Waals surface area contributed by atoms with Gasteiger partial charge in [0.05, 0.1) is 17.6 Å². The third-order valence-corrected chi connectivity index (χ3v) is 2.01. The number of alkyl halides is 3. The van der Waals surface area contributed by atoms with Gasteiger partial charge in [-0.15, -0.1) is 0 Å². The lowest BCUT2D eigenvalue weighted by molar-refractivity contribution is 0.000658. The molecule has 0 aliphatic rings. The van der Waals surface area contributed by atoms with Gasteiger partial charge in [-0.2, -0.15) is 5.10 Å². The minimum atomic E-state index is -3.19. The average Bonchev–Trinajstić information content (AvgIpc) is 2.56. The van der Waals surface area contributed by atoms with Crippen molar-refractivity contribution in [2.45, 2.75) is 46.0 Å². The molecule has 1 aromatic heterocycles. The van der Waals surface area contributed by atoms with Gasteiger partial charge >= 0.3 is 6.09 Å². The topological polar surface area (TPSA) is 56.2 Å². The van der Waals surface area contributed by atoms with E-state index in [0.717, 1.165) is 6.20 Å². The fourth-order valence-electron chi connectivity index (χ4n) is 1.26. The highest BCUT2D eigenvalue weighted by molar-refractivity contribution is 5.85. The Labute approximate surface area is 108 Å². The van der Waals surface area contributed by atoms with Crippen LogP contribution in [0.25, 0.3) is 0 Å². The van der Waals surface area contributed by atoms with Crippen LogP contribution in [0.3, 0.4) is 0 Å². The van der Waals surface area contributed by atoms with Crippen LogP contribution in [0.4, 0.5) is 23.7 Å². The summed E-state index contributed by atoms with van der Waals surface area (Å²) in [7, 11) is 0. The molecule has 0 fully saturated rings. The molecular weight excluding hydrogens is 263 g/mol. The number of anilines is 1. The minimum absolute atomic E-state index is 0.123. The van der Waals surface area contributed by atoms with Gasteiger partial charge < -0.3 is 4.74 Å². The molecule has 0 aromatic carbocycles. The largest absolute Gasteiger partial charge is 0.444 e. The van der Waals surface area contributed by atoms with Gasteiger partial charge in [0.15, 0.2) is 0 Å². The number of carbonyl (C=O) groups is 1. The summed E-state index contributed by atoms with van der Waals surface area (Å²) < 4.78 is 42.9. The van der Waals surface area contributed by atoms with Crippen LogP contribution in [0.2, 0.25) is 0 Å². The number of halogens is 3. The second kappa shape index (κ2) is 5.50. The molecule has 0 radical (unpaired) electrons. The van der Waals surface area contributed by atoms with Crippen LogP contribution >= 0.6 is 0 Å². The van der Waals surface area contributed by atoms with Gasteiger partial charge in [0.2, 0.25) is 0 Å². The van der Waals surface area contributed by atoms with E-state index in [2.05, 4.69) is 10.4 Å². The molecule has 0 aliphatic heterocycles. The first-order valence-corrected chi connectivity index (χ1v) is 5.58. The van der Waals surface area contributed by atoms with Crippen molar-refractivity contribution < 1.29 is 22.7 Å². The van der Waals surface area contributed by atoms with Crippen molar-refractivity contribution in [1.29, 1.82) is 0 Å². The molecule has 5 nitrogen and oxygen atoms in total. The number of carbonyl (C=O) groups excluding carboxylic acids is 1. The first kappa shape index (κ1) is 15.3. The van der Waals surface area contributed by atoms with Crippen LogP contribution < -0.4 is 5.32 Å². The maximum Gasteiger partial charge on any atom is 0.412 e. The molecule has 8 heteroatoms. The number of ether oxygens (including phenoxy) is 1. The minimum Gasteiger partial charge on any atom is -0.444 e. The Bertz CT molecular complexity index is 455. The van der Waals surface area contributed by atoms with Crippen molar-refractivity contribution in [2.24, 2.45) is 0 Å². The molecule has 1 rings (SSSR count). The van der Waals surface area contributed by atoms with Gasteiger partial charge in [-0.1, -0.05) is 0 Å². The molecule has 1 N–H and O–H groups in total. The van der Waals surface area contributed by atoms with Crippen molar-refractivity contribution in [3.63, 3.8) is 0 Å². The summed E-state index contributed by atoms with van der Waals surface area (Å²) >= 11 is 0. The van der Waals surface area contributed by atoms with Crippen LogP contribution in [0, 0.1) is 6.92 Å². The van der Waals surface area contributed by atoms with Gasteiger partial charge in [-0.25, -0.2) is 22.6 Å². The van der Waals surface area contributed by atoms with Crippen LogP contribution in [-0.2, 0) is 4.74 Å². The van der Waals surface area contributed by atoms with Gasteiger partial charge in [-0.3, -0.25) is 5.32 Å². The molecule has 0 saturated heterocycles. The monoisotopic (exact) mass is 279 g/mol. The Morgan fingerprint density at radius 3 is 2.47 bits per heavy atom. The van der Waals surface area contributed by atoms with Crippen molar-refractivity contribution in [3.05, 3.63) is 11.9 Å². The molecule has 1 amide bonds. The lowest BCUT2D eigenvalue weighted by Gasteiger charge is -2.19. The average molecular weight is 279 g/mol. The third kappa shape index (κ3) is 4.46. The molecule has 0 saturated carbocycles. The molecule has 19 heavy (non-hydrogen) atoms. The van der Waals surface area contributed by atoms with Gasteiger partial charge in [-0.05, 0) is 27.7 Å². The molecule has 1 atom stereocenters. The van der Waals surface area contributed by atoms with E-state index in [1.807, 2.05) is 0 Å². The Kier molecular flexibility index (Phi) is 4.43. The van der Waals surface area contributed by atoms with E-state index in [4.69, 9.17) is 4.74 Å². The second-order valence-corrected chi connectivity index (χ2v) is 4.94. The smallest absolute Gasteiger partial charge is 0.412 e. The van der Waals surface area contributed by atoms with E-state index < -0.39 is 24.4 Å². The Morgan fingerprint density at radius 2 is 2.00 bits per heavy atom. The lowest BCUT2D eigenvalue weighted by Crippen LogP contribution is -2.27. The number of nitrogens with one attached hydrogen (secondary N) is 1. The summed E-state index contributed by atoms with van der Waals surface area (Å²) in [6, 6.07) is 0. The number of hydrogen-bond acceptors (Lipinski definition) is 3. The van der Waals surface area contributed by atoms with Crippen LogP contribution in [-0.4, -0.2) is 27.9 Å². The van der Waals surface area contributed by atoms with E-state index in [9.17, 15) is 18.0 Å². The van der Waals surface area contributed by atoms with E-state index in [1.165, 1.54) is 6.92 Å². The number of rotatable bonds is 3. The fraction of sp³-hybridized carbons (Fsp3) is 0.636. The predicted octanol–water partition coefficient (Wildman–Crippen LogP) is 3.27. The second-order valence-electron chi connectivity index (χ2n) is 4.94. The zero-order chi connectivity index (χ0) is 14.8. The molecule has 108 valence electrons. The zero-order valence-corrected chi connectivity index (χ0v) is 11.1. The van der Waals surface area contributed by atoms with Crippen molar-refractivity contribution in [2.75, 3.05) is 5.32 Å². The summed E-state index contributed by atoms with van der Waals surface area (Å²) in [6.45, 7) is 6.49. The molecule has 1 heterocycles. The zero-order valence-electron chi connectivity index (χ0n) is 11.1. The van der Waals surface area contributed by atoms with Gasteiger partial charge in [0.1, 0.15) is 5.60 Å². The number of amides is 1. The first-order chi connectivity index (χ1) is 8.60. The summed E-state index contributed by atoms with van der Waals surface area (Å²) in [6.07, 6.45) is -5.50. The Balaban J connectivity index is 2.78. The maximum absolute atomic E-state index is 13.1. The number of aryl methyl sites for hydroxylation is 1. The fourth-order valence-corrected chi connectivity index (χ4v) is 1.26. The highest BCUT2D eigenvalue weighted by Gasteiger charge is 2.24. The van der Waals surface area contributed by atoms with Crippen molar-refractivity contribution in [1.82, 2.24) is 9.78 Å². The van der Waals surface area contributed by atoms with Crippen LogP contribution in [0.1, 0.15) is 32.8 Å². The quantitative estimate of drug-likeness (QED) is 0.923. The normalized spacial score (nSPS) is 13.5. The lowest BCUT2D eigenvalue weighted by atomic mass is 10.2. The summed E-state index contributed by atoms with van der Waals surface area (Å²) in [5, 5.41) is 5.90. The SMILES string of the molecule is Cc1nn(C(F)C(F)F)cc1NC(=O)OC(C)(C)C. The number of aromatic nitrogens is 2. The van der Waals surface area contributed by atoms with E-state index in [-0.39, 0.29) is 11.4 Å². The summed E-state index contributed by atoms with van der Waals surface area (Å²) in [5.41, 5.74) is -0.355. The van der Waals surface area contributed by atoms with Crippen LogP contribution in [0.15, 0.2) is 6.20 Å². The van der Waals surface area contributed by atoms with E-state index >= 15 is 0 Å². The molecule has 1 aromatic rings. The highest BCUT2D eigenvalue weighted by Crippen LogP contribution is 2.22. The van der Waals surface area contributed by atoms with Gasteiger partial charge in [0, 0.05) is 0 Å². The standard InChI is InChI=1S/C11H16F3N3O2/c1-6-7(15-10(18)19-11(2,3)4)5-17(16-6)9(14)8(12)13/h5,8-9H,1-4H3,(H,15,18).